The first-order valence-electron chi connectivity index (χ1n) is 9.09. The maximum absolute atomic E-state index is 12.9. The number of amides is 1. The van der Waals surface area contributed by atoms with Crippen molar-refractivity contribution in [2.45, 2.75) is 19.4 Å². The molecule has 1 aromatic carbocycles. The summed E-state index contributed by atoms with van der Waals surface area (Å²) in [6.45, 7) is 2.37. The normalized spacial score (nSPS) is 17.7. The van der Waals surface area contributed by atoms with Crippen LogP contribution >= 0.6 is 0 Å². The molecular formula is C21H25N3O3. The van der Waals surface area contributed by atoms with Crippen molar-refractivity contribution in [3.05, 3.63) is 53.6 Å². The summed E-state index contributed by atoms with van der Waals surface area (Å²) in [5.41, 5.74) is 3.98. The van der Waals surface area contributed by atoms with Crippen molar-refractivity contribution in [1.82, 2.24) is 4.90 Å². The van der Waals surface area contributed by atoms with E-state index in [4.69, 9.17) is 4.74 Å². The van der Waals surface area contributed by atoms with Gasteiger partial charge in [-0.3, -0.25) is 10.1 Å². The Hall–Kier alpha value is -2.86. The summed E-state index contributed by atoms with van der Waals surface area (Å²) in [6, 6.07) is 5.66. The third-order valence-electron chi connectivity index (χ3n) is 4.43. The lowest BCUT2D eigenvalue weighted by atomic mass is 9.95. The van der Waals surface area contributed by atoms with Gasteiger partial charge < -0.3 is 15.0 Å². The second-order valence-electron chi connectivity index (χ2n) is 6.85. The highest BCUT2D eigenvalue weighted by molar-refractivity contribution is 6.24. The lowest BCUT2D eigenvalue weighted by molar-refractivity contribution is -0.114. The molecule has 1 amide bonds. The van der Waals surface area contributed by atoms with E-state index >= 15 is 0 Å². The molecule has 1 heterocycles. The van der Waals surface area contributed by atoms with Crippen molar-refractivity contribution in [1.29, 1.82) is 0 Å². The van der Waals surface area contributed by atoms with Crippen molar-refractivity contribution < 1.29 is 14.3 Å². The fourth-order valence-corrected chi connectivity index (χ4v) is 3.23. The highest BCUT2D eigenvalue weighted by Gasteiger charge is 2.25. The van der Waals surface area contributed by atoms with E-state index in [1.165, 1.54) is 0 Å². The van der Waals surface area contributed by atoms with Gasteiger partial charge >= 0.3 is 6.09 Å². The number of Topliss-reactive ketones (excluding diaryl/α,β-unsaturated/α-hetero) is 1. The lowest BCUT2D eigenvalue weighted by Crippen LogP contribution is -2.22. The standard InChI is InChI=1S/C21H25N3O3/c1-4-27-21(26)22-15-9-10-19-16(12-15)17(20(25)13-24(2)3)11-14-7-5-6-8-18(14)23-19/h5-7,9-12,18,23H,4,8,13H2,1-3H3,(H,22,26). The minimum atomic E-state index is -0.509. The first kappa shape index (κ1) is 18.9. The van der Waals surface area contributed by atoms with Gasteiger partial charge in [-0.25, -0.2) is 4.79 Å². The number of hydrogen-bond acceptors (Lipinski definition) is 5. The Balaban J connectivity index is 2.02. The molecular weight excluding hydrogens is 342 g/mol. The van der Waals surface area contributed by atoms with Gasteiger partial charge in [-0.15, -0.1) is 0 Å². The molecule has 6 heteroatoms. The van der Waals surface area contributed by atoms with Crippen LogP contribution in [0.25, 0.3) is 5.57 Å². The van der Waals surface area contributed by atoms with Crippen molar-refractivity contribution in [3.8, 4) is 0 Å². The largest absolute Gasteiger partial charge is 0.450 e. The molecule has 0 radical (unpaired) electrons. The summed E-state index contributed by atoms with van der Waals surface area (Å²) in [5.74, 6) is 0.0347. The van der Waals surface area contributed by atoms with E-state index in [0.717, 1.165) is 23.2 Å². The Labute approximate surface area is 159 Å². The van der Waals surface area contributed by atoms with Crippen LogP contribution in [-0.2, 0) is 9.53 Å². The third-order valence-corrected chi connectivity index (χ3v) is 4.43. The summed E-state index contributed by atoms with van der Waals surface area (Å²) in [7, 11) is 3.75. The second-order valence-corrected chi connectivity index (χ2v) is 6.85. The minimum absolute atomic E-state index is 0.0347. The minimum Gasteiger partial charge on any atom is -0.450 e. The molecule has 0 bridgehead atoms. The average Bonchev–Trinajstić information content (AvgIpc) is 2.78. The smallest absolute Gasteiger partial charge is 0.411 e. The molecule has 1 aromatic rings. The quantitative estimate of drug-likeness (QED) is 0.834. The Morgan fingerprint density at radius 2 is 2.15 bits per heavy atom. The number of nitrogens with one attached hydrogen (secondary N) is 2. The number of allylic oxidation sites excluding steroid dienone is 2. The highest BCUT2D eigenvalue weighted by Crippen LogP contribution is 2.35. The molecule has 142 valence electrons. The Morgan fingerprint density at radius 3 is 2.89 bits per heavy atom. The summed E-state index contributed by atoms with van der Waals surface area (Å²) in [5, 5.41) is 6.24. The number of carbonyl (C=O) groups excluding carboxylic acids is 2. The predicted octanol–water partition coefficient (Wildman–Crippen LogP) is 3.45. The number of nitrogens with zero attached hydrogens (tertiary/aromatic N) is 1. The van der Waals surface area contributed by atoms with Gasteiger partial charge in [0.15, 0.2) is 5.78 Å². The fourth-order valence-electron chi connectivity index (χ4n) is 3.23. The molecule has 27 heavy (non-hydrogen) atoms. The van der Waals surface area contributed by atoms with Crippen LogP contribution in [0.5, 0.6) is 0 Å². The molecule has 0 spiro atoms. The SMILES string of the molecule is CCOC(=O)Nc1ccc2c(c1)C(C(=O)CN(C)C)=CC1=CC=CCC1N2. The molecule has 0 saturated carbocycles. The Kier molecular flexibility index (Phi) is 5.76. The summed E-state index contributed by atoms with van der Waals surface area (Å²) < 4.78 is 4.95. The predicted molar refractivity (Wildman–Crippen MR) is 108 cm³/mol. The van der Waals surface area contributed by atoms with Gasteiger partial charge in [0.25, 0.3) is 0 Å². The van der Waals surface area contributed by atoms with Gasteiger partial charge in [0.05, 0.1) is 19.2 Å². The van der Waals surface area contributed by atoms with E-state index in [0.29, 0.717) is 24.4 Å². The lowest BCUT2D eigenvalue weighted by Gasteiger charge is -2.21. The van der Waals surface area contributed by atoms with Crippen LogP contribution < -0.4 is 10.6 Å². The van der Waals surface area contributed by atoms with Crippen molar-refractivity contribution >= 4 is 28.8 Å². The molecule has 6 nitrogen and oxygen atoms in total. The number of ether oxygens (including phenoxy) is 1. The van der Waals surface area contributed by atoms with Crippen LogP contribution in [0.2, 0.25) is 0 Å². The maximum Gasteiger partial charge on any atom is 0.411 e. The monoisotopic (exact) mass is 367 g/mol. The number of ketones is 1. The molecule has 1 unspecified atom stereocenters. The number of hydrogen-bond donors (Lipinski definition) is 2. The van der Waals surface area contributed by atoms with Crippen LogP contribution in [0.3, 0.4) is 0 Å². The van der Waals surface area contributed by atoms with Gasteiger partial charge in [0.1, 0.15) is 0 Å². The summed E-state index contributed by atoms with van der Waals surface area (Å²) >= 11 is 0. The zero-order valence-corrected chi connectivity index (χ0v) is 15.9. The second kappa shape index (κ2) is 8.22. The van der Waals surface area contributed by atoms with E-state index in [9.17, 15) is 9.59 Å². The van der Waals surface area contributed by atoms with E-state index < -0.39 is 6.09 Å². The number of benzene rings is 1. The third kappa shape index (κ3) is 4.46. The van der Waals surface area contributed by atoms with E-state index in [1.807, 2.05) is 55.4 Å². The number of fused-ring (bicyclic) bond motifs is 2. The average molecular weight is 367 g/mol. The van der Waals surface area contributed by atoms with Crippen LogP contribution in [0.15, 0.2) is 48.1 Å². The summed E-state index contributed by atoms with van der Waals surface area (Å²) in [6.07, 6.45) is 8.48. The zero-order chi connectivity index (χ0) is 19.4. The molecule has 1 atom stereocenters. The molecule has 0 fully saturated rings. The molecule has 0 saturated heterocycles. The van der Waals surface area contributed by atoms with Gasteiger partial charge in [0, 0.05) is 22.5 Å². The van der Waals surface area contributed by atoms with Crippen molar-refractivity contribution in [2.75, 3.05) is 37.9 Å². The molecule has 0 aromatic heterocycles. The summed E-state index contributed by atoms with van der Waals surface area (Å²) in [4.78, 5) is 26.6. The Bertz CT molecular complexity index is 837. The molecule has 1 aliphatic carbocycles. The molecule has 2 N–H and O–H groups in total. The number of likely N-dealkylation sites (N-methyl/N-ethyl adjacent to an activating group) is 1. The van der Waals surface area contributed by atoms with Gasteiger partial charge in [0.2, 0.25) is 0 Å². The Morgan fingerprint density at radius 1 is 1.33 bits per heavy atom. The number of anilines is 2. The van der Waals surface area contributed by atoms with Gasteiger partial charge in [-0.2, -0.15) is 0 Å². The first-order valence-corrected chi connectivity index (χ1v) is 9.09. The topological polar surface area (TPSA) is 70.7 Å². The zero-order valence-electron chi connectivity index (χ0n) is 15.9. The van der Waals surface area contributed by atoms with Crippen molar-refractivity contribution in [3.63, 3.8) is 0 Å². The van der Waals surface area contributed by atoms with Crippen LogP contribution in [-0.4, -0.2) is 50.1 Å². The van der Waals surface area contributed by atoms with Crippen molar-refractivity contribution in [2.24, 2.45) is 0 Å². The van der Waals surface area contributed by atoms with Gasteiger partial charge in [-0.1, -0.05) is 18.2 Å². The van der Waals surface area contributed by atoms with Gasteiger partial charge in [-0.05, 0) is 57.3 Å². The maximum atomic E-state index is 12.9. The first-order chi connectivity index (χ1) is 13.0. The van der Waals surface area contributed by atoms with Crippen LogP contribution in [0.1, 0.15) is 18.9 Å². The van der Waals surface area contributed by atoms with E-state index in [-0.39, 0.29) is 11.8 Å². The molecule has 3 rings (SSSR count). The van der Waals surface area contributed by atoms with E-state index in [2.05, 4.69) is 16.7 Å². The number of rotatable bonds is 5. The number of carbonyl (C=O) groups is 2. The highest BCUT2D eigenvalue weighted by atomic mass is 16.5. The van der Waals surface area contributed by atoms with Crippen LogP contribution in [0, 0.1) is 0 Å². The fraction of sp³-hybridized carbons (Fsp3) is 0.333. The molecule has 2 aliphatic rings. The van der Waals surface area contributed by atoms with Crippen LogP contribution in [0.4, 0.5) is 16.2 Å². The van der Waals surface area contributed by atoms with E-state index in [1.54, 1.807) is 6.92 Å². The molecule has 1 aliphatic heterocycles.